The van der Waals surface area contributed by atoms with Gasteiger partial charge in [-0.15, -0.1) is 0 Å². The highest BCUT2D eigenvalue weighted by atomic mass is 32.1. The molecule has 0 saturated heterocycles. The molecule has 3 N–H and O–H groups in total. The van der Waals surface area contributed by atoms with Gasteiger partial charge in [0.15, 0.2) is 11.7 Å². The van der Waals surface area contributed by atoms with Crippen LogP contribution in [0.1, 0.15) is 19.4 Å². The van der Waals surface area contributed by atoms with Crippen LogP contribution in [-0.4, -0.2) is 30.6 Å². The molecule has 0 aromatic heterocycles. The zero-order chi connectivity index (χ0) is 21.4. The summed E-state index contributed by atoms with van der Waals surface area (Å²) in [6.45, 7) is 5.36. The second kappa shape index (κ2) is 10.4. The average Bonchev–Trinajstić information content (AvgIpc) is 2.68. The van der Waals surface area contributed by atoms with Crippen molar-refractivity contribution in [3.05, 3.63) is 48.0 Å². The molecule has 0 aliphatic heterocycles. The van der Waals surface area contributed by atoms with Gasteiger partial charge in [0.2, 0.25) is 5.91 Å². The third kappa shape index (κ3) is 6.76. The zero-order valence-corrected chi connectivity index (χ0v) is 17.7. The number of carbonyl (C=O) groups excluding carboxylic acids is 2. The molecule has 2 rings (SSSR count). The molecule has 0 bridgehead atoms. The molecule has 0 unspecified atom stereocenters. The van der Waals surface area contributed by atoms with E-state index in [1.807, 2.05) is 39.0 Å². The molecule has 0 spiro atoms. The largest absolute Gasteiger partial charge is 0.494 e. The van der Waals surface area contributed by atoms with Crippen molar-refractivity contribution in [3.63, 3.8) is 0 Å². The number of aryl methyl sites for hydroxylation is 1. The Labute approximate surface area is 175 Å². The lowest BCUT2D eigenvalue weighted by Gasteiger charge is -2.15. The van der Waals surface area contributed by atoms with E-state index in [1.54, 1.807) is 24.3 Å². The average molecular weight is 416 g/mol. The van der Waals surface area contributed by atoms with Crippen LogP contribution in [0, 0.1) is 12.8 Å². The minimum absolute atomic E-state index is 0.111. The van der Waals surface area contributed by atoms with Crippen LogP contribution in [-0.2, 0) is 9.59 Å². The number of nitrogens with one attached hydrogen (secondary N) is 3. The van der Waals surface area contributed by atoms with Crippen LogP contribution in [0.15, 0.2) is 42.5 Å². The number of para-hydroxylation sites is 1. The molecule has 29 heavy (non-hydrogen) atoms. The summed E-state index contributed by atoms with van der Waals surface area (Å²) >= 11 is 5.18. The molecule has 7 nitrogen and oxygen atoms in total. The van der Waals surface area contributed by atoms with Crippen LogP contribution in [0.3, 0.4) is 0 Å². The monoisotopic (exact) mass is 415 g/mol. The van der Waals surface area contributed by atoms with Gasteiger partial charge in [0.1, 0.15) is 11.5 Å². The highest BCUT2D eigenvalue weighted by Gasteiger charge is 2.12. The maximum atomic E-state index is 12.1. The van der Waals surface area contributed by atoms with Gasteiger partial charge in [0, 0.05) is 17.7 Å². The van der Waals surface area contributed by atoms with E-state index in [1.165, 1.54) is 7.11 Å². The third-order valence-corrected chi connectivity index (χ3v) is 4.15. The van der Waals surface area contributed by atoms with Crippen molar-refractivity contribution in [3.8, 4) is 11.5 Å². The van der Waals surface area contributed by atoms with Crippen LogP contribution in [0.25, 0.3) is 0 Å². The number of thiocarbonyl (C=S) groups is 1. The van der Waals surface area contributed by atoms with Gasteiger partial charge in [0.25, 0.3) is 5.91 Å². The summed E-state index contributed by atoms with van der Waals surface area (Å²) in [4.78, 5) is 23.9. The molecule has 8 heteroatoms. The molecule has 0 atom stereocenters. The first-order valence-electron chi connectivity index (χ1n) is 9.08. The summed E-state index contributed by atoms with van der Waals surface area (Å²) in [7, 11) is 1.51. The summed E-state index contributed by atoms with van der Waals surface area (Å²) in [5, 5.41) is 8.40. The van der Waals surface area contributed by atoms with E-state index in [2.05, 4.69) is 16.0 Å². The van der Waals surface area contributed by atoms with Gasteiger partial charge in [-0.3, -0.25) is 14.9 Å². The van der Waals surface area contributed by atoms with E-state index < -0.39 is 0 Å². The van der Waals surface area contributed by atoms with Crippen molar-refractivity contribution in [1.29, 1.82) is 0 Å². The van der Waals surface area contributed by atoms with Gasteiger partial charge in [-0.05, 0) is 42.9 Å². The van der Waals surface area contributed by atoms with E-state index in [4.69, 9.17) is 21.7 Å². The molecular formula is C21H25N3O4S. The number of anilines is 2. The first kappa shape index (κ1) is 22.2. The van der Waals surface area contributed by atoms with Crippen molar-refractivity contribution < 1.29 is 19.1 Å². The van der Waals surface area contributed by atoms with E-state index in [0.717, 1.165) is 5.56 Å². The molecule has 2 amide bonds. The quantitative estimate of drug-likeness (QED) is 0.600. The highest BCUT2D eigenvalue weighted by Crippen LogP contribution is 2.28. The fraction of sp³-hybridized carbons (Fsp3) is 0.286. The van der Waals surface area contributed by atoms with Crippen LogP contribution < -0.4 is 25.4 Å². The van der Waals surface area contributed by atoms with E-state index in [0.29, 0.717) is 22.9 Å². The van der Waals surface area contributed by atoms with E-state index in [9.17, 15) is 9.59 Å². The Balaban J connectivity index is 1.91. The second-order valence-corrected chi connectivity index (χ2v) is 7.02. The normalized spacial score (nSPS) is 10.2. The molecular weight excluding hydrogens is 390 g/mol. The van der Waals surface area contributed by atoms with Crippen molar-refractivity contribution in [1.82, 2.24) is 5.32 Å². The van der Waals surface area contributed by atoms with Crippen LogP contribution in [0.2, 0.25) is 0 Å². The molecule has 154 valence electrons. The Kier molecular flexibility index (Phi) is 7.97. The van der Waals surface area contributed by atoms with Crippen molar-refractivity contribution in [2.24, 2.45) is 5.92 Å². The summed E-state index contributed by atoms with van der Waals surface area (Å²) in [5.74, 6) is 0.479. The molecule has 0 radical (unpaired) electrons. The molecule has 0 fully saturated rings. The Morgan fingerprint density at radius 1 is 1.07 bits per heavy atom. The molecule has 0 saturated carbocycles. The topological polar surface area (TPSA) is 88.7 Å². The minimum atomic E-state index is -0.376. The lowest BCUT2D eigenvalue weighted by Crippen LogP contribution is -2.37. The number of carbonyl (C=O) groups is 2. The van der Waals surface area contributed by atoms with E-state index in [-0.39, 0.29) is 29.5 Å². The van der Waals surface area contributed by atoms with Gasteiger partial charge in [-0.1, -0.05) is 32.0 Å². The number of rotatable bonds is 7. The number of methoxy groups -OCH3 is 1. The predicted molar refractivity (Wildman–Crippen MR) is 117 cm³/mol. The molecule has 0 aliphatic carbocycles. The standard InChI is InChI=1S/C21H25N3O4S/c1-13(2)20(26)23-16-10-9-15(11-18(16)27-4)22-21(29)24-19(25)12-28-17-8-6-5-7-14(17)3/h5-11,13H,12H2,1-4H3,(H,23,26)(H2,22,24,25,29). The van der Waals surface area contributed by atoms with Gasteiger partial charge < -0.3 is 20.1 Å². The first-order valence-corrected chi connectivity index (χ1v) is 9.49. The van der Waals surface area contributed by atoms with Gasteiger partial charge >= 0.3 is 0 Å². The SMILES string of the molecule is COc1cc(NC(=S)NC(=O)COc2ccccc2C)ccc1NC(=O)C(C)C. The molecule has 0 aliphatic rings. The zero-order valence-electron chi connectivity index (χ0n) is 16.9. The lowest BCUT2D eigenvalue weighted by atomic mass is 10.2. The predicted octanol–water partition coefficient (Wildman–Crippen LogP) is 3.49. The molecule has 2 aromatic rings. The van der Waals surface area contributed by atoms with E-state index >= 15 is 0 Å². The maximum absolute atomic E-state index is 12.1. The van der Waals surface area contributed by atoms with Gasteiger partial charge in [0.05, 0.1) is 12.8 Å². The third-order valence-electron chi connectivity index (χ3n) is 3.95. The van der Waals surface area contributed by atoms with Crippen molar-refractivity contribution >= 4 is 40.5 Å². The summed E-state index contributed by atoms with van der Waals surface area (Å²) in [5.41, 5.74) is 2.10. The maximum Gasteiger partial charge on any atom is 0.264 e. The minimum Gasteiger partial charge on any atom is -0.494 e. The van der Waals surface area contributed by atoms with Gasteiger partial charge in [-0.25, -0.2) is 0 Å². The Morgan fingerprint density at radius 2 is 1.79 bits per heavy atom. The second-order valence-electron chi connectivity index (χ2n) is 6.62. The molecule has 2 aromatic carbocycles. The number of ether oxygens (including phenoxy) is 2. The van der Waals surface area contributed by atoms with Crippen molar-refractivity contribution in [2.45, 2.75) is 20.8 Å². The molecule has 0 heterocycles. The van der Waals surface area contributed by atoms with Crippen LogP contribution >= 0.6 is 12.2 Å². The Morgan fingerprint density at radius 3 is 2.45 bits per heavy atom. The highest BCUT2D eigenvalue weighted by molar-refractivity contribution is 7.80. The first-order chi connectivity index (χ1) is 13.8. The number of benzene rings is 2. The van der Waals surface area contributed by atoms with Crippen LogP contribution in [0.4, 0.5) is 11.4 Å². The Bertz CT molecular complexity index is 899. The van der Waals surface area contributed by atoms with Gasteiger partial charge in [-0.2, -0.15) is 0 Å². The summed E-state index contributed by atoms with van der Waals surface area (Å²) in [6.07, 6.45) is 0. The lowest BCUT2D eigenvalue weighted by molar-refractivity contribution is -0.121. The smallest absolute Gasteiger partial charge is 0.264 e. The number of hydrogen-bond acceptors (Lipinski definition) is 5. The summed E-state index contributed by atoms with van der Waals surface area (Å²) in [6, 6.07) is 12.5. The fourth-order valence-corrected chi connectivity index (χ4v) is 2.57. The summed E-state index contributed by atoms with van der Waals surface area (Å²) < 4.78 is 10.8. The fourth-order valence-electron chi connectivity index (χ4n) is 2.34. The Hall–Kier alpha value is -3.13. The van der Waals surface area contributed by atoms with Crippen LogP contribution in [0.5, 0.6) is 11.5 Å². The number of amides is 2. The van der Waals surface area contributed by atoms with Crippen molar-refractivity contribution in [2.75, 3.05) is 24.4 Å². The number of hydrogen-bond donors (Lipinski definition) is 3.